The molecule has 0 unspecified atom stereocenters. The maximum absolute atomic E-state index is 13.4. The molecule has 0 aliphatic carbocycles. The lowest BCUT2D eigenvalue weighted by molar-refractivity contribution is -0.137. The van der Waals surface area contributed by atoms with Crippen LogP contribution in [-0.2, 0) is 6.18 Å². The lowest BCUT2D eigenvalue weighted by Crippen LogP contribution is -2.16. The number of nitriles is 1. The zero-order valence-corrected chi connectivity index (χ0v) is 17.1. The minimum atomic E-state index is -4.75. The van der Waals surface area contributed by atoms with Gasteiger partial charge in [0, 0.05) is 23.5 Å². The summed E-state index contributed by atoms with van der Waals surface area (Å²) in [5.41, 5.74) is 3.51. The minimum Gasteiger partial charge on any atom is -0.321 e. The highest BCUT2D eigenvalue weighted by Gasteiger charge is 2.35. The van der Waals surface area contributed by atoms with Crippen molar-refractivity contribution in [2.24, 2.45) is 5.10 Å². The van der Waals surface area contributed by atoms with Crippen molar-refractivity contribution in [3.63, 3.8) is 0 Å². The number of hydrogen-bond donors (Lipinski definition) is 3. The van der Waals surface area contributed by atoms with Gasteiger partial charge in [0.1, 0.15) is 17.3 Å². The zero-order valence-electron chi connectivity index (χ0n) is 17.1. The van der Waals surface area contributed by atoms with E-state index in [-0.39, 0.29) is 16.9 Å². The molecule has 11 heteroatoms. The Morgan fingerprint density at radius 1 is 1.15 bits per heavy atom. The average molecular weight is 451 g/mol. The molecule has 0 spiro atoms. The highest BCUT2D eigenvalue weighted by atomic mass is 19.4. The molecule has 0 atom stereocenters. The Labute approximate surface area is 186 Å². The fourth-order valence-electron chi connectivity index (χ4n) is 2.90. The number of amides is 1. The summed E-state index contributed by atoms with van der Waals surface area (Å²) in [4.78, 5) is 20.4. The van der Waals surface area contributed by atoms with Gasteiger partial charge in [0.25, 0.3) is 5.91 Å². The molecule has 3 aromatic rings. The van der Waals surface area contributed by atoms with Gasteiger partial charge in [-0.05, 0) is 42.3 Å². The first kappa shape index (κ1) is 23.1. The second kappa shape index (κ2) is 9.69. The maximum atomic E-state index is 13.4. The number of carbonyl (C=O) groups excluding carboxylic acids is 1. The second-order valence-corrected chi connectivity index (χ2v) is 6.70. The number of anilines is 2. The molecule has 2 aromatic heterocycles. The Bertz CT molecular complexity index is 1260. The average Bonchev–Trinajstić information content (AvgIpc) is 2.79. The molecule has 0 saturated heterocycles. The van der Waals surface area contributed by atoms with Crippen LogP contribution in [-0.4, -0.2) is 28.3 Å². The number of pyridine rings is 2. The monoisotopic (exact) mass is 451 g/mol. The molecule has 0 aliphatic heterocycles. The summed E-state index contributed by atoms with van der Waals surface area (Å²) in [5.74, 6) is -1.16. The van der Waals surface area contributed by atoms with Crippen LogP contribution in [0.25, 0.3) is 11.1 Å². The number of halogens is 3. The highest BCUT2D eigenvalue weighted by molar-refractivity contribution is 6.14. The van der Waals surface area contributed by atoms with Gasteiger partial charge in [-0.3, -0.25) is 10.2 Å². The molecule has 0 fully saturated rings. The Hall–Kier alpha value is -4.59. The minimum absolute atomic E-state index is 0.145. The van der Waals surface area contributed by atoms with Gasteiger partial charge in [-0.1, -0.05) is 12.1 Å². The predicted octanol–water partition coefficient (Wildman–Crippen LogP) is 4.64. The van der Waals surface area contributed by atoms with Crippen molar-refractivity contribution in [2.75, 3.05) is 10.7 Å². The summed E-state index contributed by atoms with van der Waals surface area (Å²) >= 11 is 0. The second-order valence-electron chi connectivity index (χ2n) is 6.70. The van der Waals surface area contributed by atoms with Crippen LogP contribution in [0.4, 0.5) is 24.7 Å². The SMILES string of the molecule is Cc1cc(-c2ccc(C#N)nc2)ccc1C(=O)Nc1cnc(N/N=C\C=N)c(C(F)(F)F)c1. The van der Waals surface area contributed by atoms with Crippen LogP contribution >= 0.6 is 0 Å². The fraction of sp³-hybridized carbons (Fsp3) is 0.0909. The highest BCUT2D eigenvalue weighted by Crippen LogP contribution is 2.35. The first-order valence-electron chi connectivity index (χ1n) is 9.37. The van der Waals surface area contributed by atoms with Crippen molar-refractivity contribution in [1.29, 1.82) is 10.7 Å². The summed E-state index contributed by atoms with van der Waals surface area (Å²) in [6.45, 7) is 1.70. The molecule has 33 heavy (non-hydrogen) atoms. The van der Waals surface area contributed by atoms with Crippen molar-refractivity contribution in [2.45, 2.75) is 13.1 Å². The predicted molar refractivity (Wildman–Crippen MR) is 117 cm³/mol. The number of benzene rings is 1. The fourth-order valence-corrected chi connectivity index (χ4v) is 2.90. The summed E-state index contributed by atoms with van der Waals surface area (Å²) in [6, 6.07) is 11.0. The summed E-state index contributed by atoms with van der Waals surface area (Å²) in [7, 11) is 0. The number of hydrogen-bond acceptors (Lipinski definition) is 7. The van der Waals surface area contributed by atoms with Gasteiger partial charge in [-0.15, -0.1) is 0 Å². The van der Waals surface area contributed by atoms with Gasteiger partial charge < -0.3 is 10.7 Å². The van der Waals surface area contributed by atoms with E-state index in [9.17, 15) is 18.0 Å². The molecule has 3 rings (SSSR count). The van der Waals surface area contributed by atoms with E-state index in [1.54, 1.807) is 43.5 Å². The number of alkyl halides is 3. The molecule has 0 saturated carbocycles. The molecule has 2 heterocycles. The lowest BCUT2D eigenvalue weighted by atomic mass is 10.0. The lowest BCUT2D eigenvalue weighted by Gasteiger charge is -2.14. The maximum Gasteiger partial charge on any atom is 0.420 e. The number of rotatable bonds is 6. The molecule has 166 valence electrons. The Kier molecular flexibility index (Phi) is 6.78. The standard InChI is InChI=1S/C22H16F3N7O/c1-13-8-14(15-2-4-16(10-27)28-11-15)3-5-18(13)21(33)31-17-9-19(22(23,24)25)20(29-12-17)32-30-7-6-26/h2-9,11-12,26H,1H3,(H,29,32)(H,31,33)/b26-6?,30-7-. The number of aromatic nitrogens is 2. The first-order chi connectivity index (χ1) is 15.7. The van der Waals surface area contributed by atoms with Crippen molar-refractivity contribution >= 4 is 29.8 Å². The number of nitrogens with zero attached hydrogens (tertiary/aromatic N) is 4. The number of nitrogens with one attached hydrogen (secondary N) is 3. The van der Waals surface area contributed by atoms with E-state index in [1.165, 1.54) is 0 Å². The molecule has 0 aliphatic rings. The topological polar surface area (TPSA) is 127 Å². The third-order valence-corrected chi connectivity index (χ3v) is 4.45. The molecule has 0 radical (unpaired) electrons. The number of aryl methyl sites for hydroxylation is 1. The van der Waals surface area contributed by atoms with Gasteiger partial charge in [0.2, 0.25) is 0 Å². The van der Waals surface area contributed by atoms with E-state index in [0.29, 0.717) is 5.56 Å². The van der Waals surface area contributed by atoms with Gasteiger partial charge in [-0.25, -0.2) is 9.97 Å². The van der Waals surface area contributed by atoms with Crippen LogP contribution in [0.2, 0.25) is 0 Å². The third kappa shape index (κ3) is 5.56. The summed E-state index contributed by atoms with van der Waals surface area (Å²) in [6.07, 6.45) is -0.387. The summed E-state index contributed by atoms with van der Waals surface area (Å²) in [5, 5.41) is 21.5. The van der Waals surface area contributed by atoms with E-state index in [2.05, 4.69) is 25.8 Å². The third-order valence-electron chi connectivity index (χ3n) is 4.45. The van der Waals surface area contributed by atoms with E-state index in [0.717, 1.165) is 35.8 Å². The van der Waals surface area contributed by atoms with E-state index in [4.69, 9.17) is 10.7 Å². The van der Waals surface area contributed by atoms with Crippen LogP contribution in [0.3, 0.4) is 0 Å². The van der Waals surface area contributed by atoms with E-state index < -0.39 is 23.5 Å². The van der Waals surface area contributed by atoms with Crippen LogP contribution in [0, 0.1) is 23.7 Å². The molecular formula is C22H16F3N7O. The molecule has 1 amide bonds. The molecule has 0 bridgehead atoms. The zero-order chi connectivity index (χ0) is 24.0. The van der Waals surface area contributed by atoms with Crippen LogP contribution in [0.15, 0.2) is 53.9 Å². The number of carbonyl (C=O) groups is 1. The van der Waals surface area contributed by atoms with Crippen molar-refractivity contribution in [1.82, 2.24) is 9.97 Å². The Morgan fingerprint density at radius 3 is 2.52 bits per heavy atom. The van der Waals surface area contributed by atoms with Crippen LogP contribution in [0.1, 0.15) is 27.2 Å². The molecule has 3 N–H and O–H groups in total. The first-order valence-corrected chi connectivity index (χ1v) is 9.37. The van der Waals surface area contributed by atoms with E-state index >= 15 is 0 Å². The molecule has 1 aromatic carbocycles. The van der Waals surface area contributed by atoms with Crippen molar-refractivity contribution in [3.8, 4) is 17.2 Å². The van der Waals surface area contributed by atoms with Gasteiger partial charge in [0.05, 0.1) is 18.1 Å². The quantitative estimate of drug-likeness (QED) is 0.372. The molecule has 8 nitrogen and oxygen atoms in total. The Balaban J connectivity index is 1.83. The van der Waals surface area contributed by atoms with Gasteiger partial charge >= 0.3 is 6.18 Å². The molecular weight excluding hydrogens is 435 g/mol. The van der Waals surface area contributed by atoms with Crippen molar-refractivity contribution in [3.05, 3.63) is 71.2 Å². The normalized spacial score (nSPS) is 11.1. The van der Waals surface area contributed by atoms with E-state index in [1.807, 2.05) is 6.07 Å². The van der Waals surface area contributed by atoms with Gasteiger partial charge in [-0.2, -0.15) is 23.5 Å². The van der Waals surface area contributed by atoms with Crippen LogP contribution < -0.4 is 10.7 Å². The number of hydrazone groups is 1. The van der Waals surface area contributed by atoms with Gasteiger partial charge in [0.15, 0.2) is 5.82 Å². The summed E-state index contributed by atoms with van der Waals surface area (Å²) < 4.78 is 40.2. The largest absolute Gasteiger partial charge is 0.420 e. The van der Waals surface area contributed by atoms with Crippen LogP contribution in [0.5, 0.6) is 0 Å². The Morgan fingerprint density at radius 2 is 1.91 bits per heavy atom. The smallest absolute Gasteiger partial charge is 0.321 e. The van der Waals surface area contributed by atoms with Crippen molar-refractivity contribution < 1.29 is 18.0 Å².